The number of nitrogens with zero attached hydrogens (tertiary/aromatic N) is 4. The fourth-order valence-electron chi connectivity index (χ4n) is 5.86. The van der Waals surface area contributed by atoms with Crippen LogP contribution in [0.5, 0.6) is 5.75 Å². The van der Waals surface area contributed by atoms with Gasteiger partial charge in [-0.3, -0.25) is 19.1 Å². The number of fused-ring (bicyclic) bond motifs is 1. The first-order valence-electron chi connectivity index (χ1n) is 13.9. The Kier molecular flexibility index (Phi) is 7.25. The van der Waals surface area contributed by atoms with Crippen LogP contribution in [0.2, 0.25) is 0 Å². The van der Waals surface area contributed by atoms with Gasteiger partial charge < -0.3 is 19.7 Å². The van der Waals surface area contributed by atoms with Crippen molar-refractivity contribution in [3.8, 4) is 11.4 Å². The van der Waals surface area contributed by atoms with Crippen molar-refractivity contribution in [2.75, 3.05) is 51.8 Å². The van der Waals surface area contributed by atoms with Crippen molar-refractivity contribution in [1.29, 1.82) is 0 Å². The molecule has 1 N–H and O–H groups in total. The summed E-state index contributed by atoms with van der Waals surface area (Å²) in [5, 5.41) is 3.08. The fourth-order valence-corrected chi connectivity index (χ4v) is 5.86. The summed E-state index contributed by atoms with van der Waals surface area (Å²) in [5.41, 5.74) is 0.615. The summed E-state index contributed by atoms with van der Waals surface area (Å²) in [4.78, 5) is 35.7. The van der Waals surface area contributed by atoms with Gasteiger partial charge in [-0.15, -0.1) is 13.2 Å². The van der Waals surface area contributed by atoms with Crippen LogP contribution >= 0.6 is 0 Å². The molecule has 12 heteroatoms. The summed E-state index contributed by atoms with van der Waals surface area (Å²) in [7, 11) is 2.01. The van der Waals surface area contributed by atoms with Crippen LogP contribution in [0.3, 0.4) is 0 Å². The third kappa shape index (κ3) is 5.68. The van der Waals surface area contributed by atoms with Crippen molar-refractivity contribution in [2.24, 2.45) is 0 Å². The number of hydrogen-bond donors (Lipinski definition) is 1. The quantitative estimate of drug-likeness (QED) is 0.480. The Labute approximate surface area is 234 Å². The van der Waals surface area contributed by atoms with Crippen LogP contribution in [0.15, 0.2) is 47.5 Å². The molecule has 3 heterocycles. The molecule has 218 valence electrons. The number of ether oxygens (including phenoxy) is 2. The molecule has 0 bridgehead atoms. The molecule has 3 fully saturated rings. The number of hydrogen-bond acceptors (Lipinski definition) is 7. The smallest absolute Gasteiger partial charge is 0.404 e. The highest BCUT2D eigenvalue weighted by atomic mass is 19.4. The minimum absolute atomic E-state index is 0.160. The SMILES string of the molecule is CN1CCN(C2(C(=O)Nc3cc(-n4cnc5cc(C6CCOCC6)ccc5c4=O)ccc3OC(F)(F)F)CC2)CC1. The lowest BCUT2D eigenvalue weighted by Gasteiger charge is -2.37. The molecule has 1 aromatic heterocycles. The molecule has 3 aromatic rings. The van der Waals surface area contributed by atoms with Crippen LogP contribution < -0.4 is 15.6 Å². The molecule has 0 radical (unpaired) electrons. The molecule has 0 unspecified atom stereocenters. The van der Waals surface area contributed by atoms with E-state index in [0.717, 1.165) is 37.6 Å². The van der Waals surface area contributed by atoms with Gasteiger partial charge in [0, 0.05) is 39.4 Å². The van der Waals surface area contributed by atoms with Crippen molar-refractivity contribution in [3.05, 3.63) is 58.6 Å². The lowest BCUT2D eigenvalue weighted by atomic mass is 9.91. The van der Waals surface area contributed by atoms with Gasteiger partial charge >= 0.3 is 6.36 Å². The zero-order valence-electron chi connectivity index (χ0n) is 22.7. The molecule has 2 aliphatic heterocycles. The molecular weight excluding hydrogens is 539 g/mol. The second-order valence-corrected chi connectivity index (χ2v) is 11.1. The van der Waals surface area contributed by atoms with Crippen LogP contribution in [0, 0.1) is 0 Å². The van der Waals surface area contributed by atoms with Crippen molar-refractivity contribution in [1.82, 2.24) is 19.4 Å². The highest BCUT2D eigenvalue weighted by molar-refractivity contribution is 6.01. The Balaban J connectivity index is 1.31. The molecule has 1 amide bonds. The summed E-state index contributed by atoms with van der Waals surface area (Å²) in [5.74, 6) is -0.590. The third-order valence-electron chi connectivity index (χ3n) is 8.45. The van der Waals surface area contributed by atoms with Crippen LogP contribution in [0.4, 0.5) is 18.9 Å². The number of carbonyl (C=O) groups excluding carboxylic acids is 1. The standard InChI is InChI=1S/C29H32F3N5O4/c1-35-10-12-36(13-11-35)28(8-9-28)27(39)34-24-17-21(3-5-25(24)41-29(30,31)32)37-18-33-23-16-20(2-4-22(23)26(37)38)19-6-14-40-15-7-19/h2-5,16-19H,6-15H2,1H3,(H,34,39). The number of rotatable bonds is 6. The number of piperazine rings is 1. The van der Waals surface area contributed by atoms with Gasteiger partial charge in [0.1, 0.15) is 11.9 Å². The van der Waals surface area contributed by atoms with Gasteiger partial charge in [-0.25, -0.2) is 4.98 Å². The van der Waals surface area contributed by atoms with Gasteiger partial charge in [0.05, 0.1) is 22.3 Å². The highest BCUT2D eigenvalue weighted by Gasteiger charge is 2.55. The van der Waals surface area contributed by atoms with Crippen LogP contribution in [0.1, 0.15) is 37.2 Å². The second kappa shape index (κ2) is 10.7. The molecule has 41 heavy (non-hydrogen) atoms. The first kappa shape index (κ1) is 27.7. The molecule has 2 saturated heterocycles. The number of benzene rings is 2. The van der Waals surface area contributed by atoms with Gasteiger partial charge in [-0.05, 0) is 74.5 Å². The van der Waals surface area contributed by atoms with Crippen molar-refractivity contribution >= 4 is 22.5 Å². The normalized spacial score (nSPS) is 20.2. The molecule has 3 aliphatic rings. The fraction of sp³-hybridized carbons (Fsp3) is 0.483. The van der Waals surface area contributed by atoms with E-state index in [1.165, 1.54) is 23.0 Å². The zero-order valence-corrected chi connectivity index (χ0v) is 22.7. The molecule has 9 nitrogen and oxygen atoms in total. The average molecular weight is 572 g/mol. The van der Waals surface area contributed by atoms with Crippen LogP contribution in [0.25, 0.3) is 16.6 Å². The molecule has 0 spiro atoms. The number of carbonyl (C=O) groups is 1. The molecule has 1 aliphatic carbocycles. The predicted molar refractivity (Wildman–Crippen MR) is 146 cm³/mol. The van der Waals surface area contributed by atoms with E-state index in [2.05, 4.69) is 24.8 Å². The summed E-state index contributed by atoms with van der Waals surface area (Å²) < 4.78 is 50.7. The maximum Gasteiger partial charge on any atom is 0.573 e. The Morgan fingerprint density at radius 2 is 1.80 bits per heavy atom. The van der Waals surface area contributed by atoms with Gasteiger partial charge in [-0.1, -0.05) is 6.07 Å². The van der Waals surface area contributed by atoms with E-state index >= 15 is 0 Å². The van der Waals surface area contributed by atoms with E-state index in [0.29, 0.717) is 56.0 Å². The highest BCUT2D eigenvalue weighted by Crippen LogP contribution is 2.44. The number of amides is 1. The number of likely N-dealkylation sites (N-methyl/N-ethyl adjacent to an activating group) is 1. The minimum atomic E-state index is -4.96. The summed E-state index contributed by atoms with van der Waals surface area (Å²) >= 11 is 0. The number of halogens is 3. The van der Waals surface area contributed by atoms with Gasteiger partial charge in [0.2, 0.25) is 5.91 Å². The number of alkyl halides is 3. The van der Waals surface area contributed by atoms with E-state index in [-0.39, 0.29) is 22.8 Å². The predicted octanol–water partition coefficient (Wildman–Crippen LogP) is 3.90. The first-order chi connectivity index (χ1) is 19.6. The maximum atomic E-state index is 13.5. The van der Waals surface area contributed by atoms with Gasteiger partial charge in [0.15, 0.2) is 5.75 Å². The lowest BCUT2D eigenvalue weighted by Crippen LogP contribution is -2.54. The second-order valence-electron chi connectivity index (χ2n) is 11.1. The largest absolute Gasteiger partial charge is 0.573 e. The van der Waals surface area contributed by atoms with Crippen LogP contribution in [-0.2, 0) is 9.53 Å². The Bertz CT molecular complexity index is 1510. The van der Waals surface area contributed by atoms with E-state index < -0.39 is 17.7 Å². The van der Waals surface area contributed by atoms with E-state index in [9.17, 15) is 22.8 Å². The molecule has 1 saturated carbocycles. The van der Waals surface area contributed by atoms with Crippen molar-refractivity contribution in [3.63, 3.8) is 0 Å². The molecule has 0 atom stereocenters. The Morgan fingerprint density at radius 1 is 1.07 bits per heavy atom. The number of anilines is 1. The molecule has 2 aromatic carbocycles. The van der Waals surface area contributed by atoms with Gasteiger partial charge in [-0.2, -0.15) is 0 Å². The molecular formula is C29H32F3N5O4. The third-order valence-corrected chi connectivity index (χ3v) is 8.45. The maximum absolute atomic E-state index is 13.5. The topological polar surface area (TPSA) is 88.9 Å². The Hall–Kier alpha value is -3.48. The molecule has 6 rings (SSSR count). The number of nitrogens with one attached hydrogen (secondary N) is 1. The monoisotopic (exact) mass is 571 g/mol. The first-order valence-corrected chi connectivity index (χ1v) is 13.9. The van der Waals surface area contributed by atoms with E-state index in [4.69, 9.17) is 4.74 Å². The Morgan fingerprint density at radius 3 is 2.49 bits per heavy atom. The van der Waals surface area contributed by atoms with Crippen molar-refractivity contribution in [2.45, 2.75) is 43.5 Å². The summed E-state index contributed by atoms with van der Waals surface area (Å²) in [6, 6.07) is 9.35. The average Bonchev–Trinajstić information content (AvgIpc) is 3.77. The zero-order chi connectivity index (χ0) is 28.8. The van der Waals surface area contributed by atoms with Crippen molar-refractivity contribution < 1.29 is 27.4 Å². The lowest BCUT2D eigenvalue weighted by molar-refractivity contribution is -0.274. The minimum Gasteiger partial charge on any atom is -0.404 e. The number of aromatic nitrogens is 2. The van der Waals surface area contributed by atoms with Gasteiger partial charge in [0.25, 0.3) is 5.56 Å². The summed E-state index contributed by atoms with van der Waals surface area (Å²) in [6.45, 7) is 4.40. The van der Waals surface area contributed by atoms with Crippen LogP contribution in [-0.4, -0.2) is 83.6 Å². The van der Waals surface area contributed by atoms with E-state index in [1.54, 1.807) is 6.07 Å². The summed E-state index contributed by atoms with van der Waals surface area (Å²) in [6.07, 6.45) is -0.544. The van der Waals surface area contributed by atoms with E-state index in [1.807, 2.05) is 19.2 Å².